The molecule has 31 heavy (non-hydrogen) atoms. The third-order valence-electron chi connectivity index (χ3n) is 4.72. The van der Waals surface area contributed by atoms with Crippen molar-refractivity contribution in [1.29, 1.82) is 0 Å². The van der Waals surface area contributed by atoms with Gasteiger partial charge < -0.3 is 14.8 Å². The van der Waals surface area contributed by atoms with Gasteiger partial charge >= 0.3 is 0 Å². The molecule has 0 bridgehead atoms. The Morgan fingerprint density at radius 3 is 2.52 bits per heavy atom. The van der Waals surface area contributed by atoms with Crippen molar-refractivity contribution in [2.75, 3.05) is 18.5 Å². The van der Waals surface area contributed by atoms with Crippen molar-refractivity contribution in [3.63, 3.8) is 0 Å². The first-order chi connectivity index (χ1) is 15.2. The largest absolute Gasteiger partial charge is 0.490 e. The fourth-order valence-corrected chi connectivity index (χ4v) is 3.35. The topological polar surface area (TPSA) is 73.3 Å². The summed E-state index contributed by atoms with van der Waals surface area (Å²) >= 11 is 0. The van der Waals surface area contributed by atoms with E-state index in [0.29, 0.717) is 41.7 Å². The number of pyridine rings is 2. The van der Waals surface area contributed by atoms with Gasteiger partial charge in [0.05, 0.1) is 30.0 Å². The molecule has 6 heteroatoms. The van der Waals surface area contributed by atoms with Gasteiger partial charge in [-0.3, -0.25) is 9.78 Å². The number of benzene rings is 2. The van der Waals surface area contributed by atoms with E-state index in [9.17, 15) is 4.79 Å². The predicted octanol–water partition coefficient (Wildman–Crippen LogP) is 5.35. The number of aromatic nitrogens is 2. The van der Waals surface area contributed by atoms with Gasteiger partial charge in [0.15, 0.2) is 11.5 Å². The second-order valence-electron chi connectivity index (χ2n) is 6.80. The molecule has 6 nitrogen and oxygen atoms in total. The molecule has 0 unspecified atom stereocenters. The zero-order valence-electron chi connectivity index (χ0n) is 17.5. The highest BCUT2D eigenvalue weighted by molar-refractivity contribution is 6.13. The van der Waals surface area contributed by atoms with E-state index < -0.39 is 0 Å². The summed E-state index contributed by atoms with van der Waals surface area (Å²) in [6.07, 6.45) is 3.44. The van der Waals surface area contributed by atoms with Gasteiger partial charge in [-0.2, -0.15) is 0 Å². The summed E-state index contributed by atoms with van der Waals surface area (Å²) in [5.41, 5.74) is 3.45. The number of ether oxygens (including phenoxy) is 2. The predicted molar refractivity (Wildman–Crippen MR) is 122 cm³/mol. The van der Waals surface area contributed by atoms with Gasteiger partial charge in [-0.25, -0.2) is 4.98 Å². The van der Waals surface area contributed by atoms with Gasteiger partial charge in [0.1, 0.15) is 0 Å². The third-order valence-corrected chi connectivity index (χ3v) is 4.72. The summed E-state index contributed by atoms with van der Waals surface area (Å²) in [6, 6.07) is 18.6. The Kier molecular flexibility index (Phi) is 6.08. The Morgan fingerprint density at radius 1 is 0.935 bits per heavy atom. The fraction of sp³-hybridized carbons (Fsp3) is 0.160. The van der Waals surface area contributed by atoms with Crippen LogP contribution < -0.4 is 14.8 Å². The van der Waals surface area contributed by atoms with E-state index in [2.05, 4.69) is 10.3 Å². The summed E-state index contributed by atoms with van der Waals surface area (Å²) < 4.78 is 11.3. The molecule has 0 aliphatic carbocycles. The first-order valence-corrected chi connectivity index (χ1v) is 10.2. The standard InChI is InChI=1S/C25H23N3O3/c1-3-30-23-12-11-18(14-24(23)31-4-2)27-25(29)20-15-22(17-8-7-13-26-16-17)28-21-10-6-5-9-19(20)21/h5-16H,3-4H2,1-2H3,(H,27,29). The first kappa shape index (κ1) is 20.3. The smallest absolute Gasteiger partial charge is 0.256 e. The number of fused-ring (bicyclic) bond motifs is 1. The second kappa shape index (κ2) is 9.26. The van der Waals surface area contributed by atoms with Crippen LogP contribution >= 0.6 is 0 Å². The van der Waals surface area contributed by atoms with E-state index in [1.54, 1.807) is 36.7 Å². The minimum atomic E-state index is -0.227. The molecule has 0 radical (unpaired) electrons. The van der Waals surface area contributed by atoms with Crippen LogP contribution in [-0.2, 0) is 0 Å². The van der Waals surface area contributed by atoms with E-state index in [1.807, 2.05) is 50.2 Å². The van der Waals surface area contributed by atoms with Crippen LogP contribution in [0.4, 0.5) is 5.69 Å². The fourth-order valence-electron chi connectivity index (χ4n) is 3.35. The Bertz CT molecular complexity index is 1210. The summed E-state index contributed by atoms with van der Waals surface area (Å²) in [4.78, 5) is 22.1. The lowest BCUT2D eigenvalue weighted by Crippen LogP contribution is -2.13. The number of nitrogens with zero attached hydrogens (tertiary/aromatic N) is 2. The molecule has 0 saturated heterocycles. The molecular weight excluding hydrogens is 390 g/mol. The third kappa shape index (κ3) is 4.48. The van der Waals surface area contributed by atoms with Crippen molar-refractivity contribution in [1.82, 2.24) is 9.97 Å². The Balaban J connectivity index is 1.71. The van der Waals surface area contributed by atoms with Crippen molar-refractivity contribution in [3.05, 3.63) is 78.6 Å². The molecule has 1 amide bonds. The number of amides is 1. The van der Waals surface area contributed by atoms with Crippen LogP contribution in [0.15, 0.2) is 73.1 Å². The van der Waals surface area contributed by atoms with Crippen LogP contribution in [0, 0.1) is 0 Å². The highest BCUT2D eigenvalue weighted by atomic mass is 16.5. The van der Waals surface area contributed by atoms with Crippen LogP contribution in [0.5, 0.6) is 11.5 Å². The quantitative estimate of drug-likeness (QED) is 0.442. The van der Waals surface area contributed by atoms with Crippen LogP contribution in [-0.4, -0.2) is 29.1 Å². The van der Waals surface area contributed by atoms with E-state index in [1.165, 1.54) is 0 Å². The van der Waals surface area contributed by atoms with Crippen LogP contribution in [0.2, 0.25) is 0 Å². The molecule has 0 fully saturated rings. The highest BCUT2D eigenvalue weighted by Crippen LogP contribution is 2.31. The molecule has 0 atom stereocenters. The van der Waals surface area contributed by atoms with Crippen LogP contribution in [0.25, 0.3) is 22.2 Å². The van der Waals surface area contributed by atoms with Gasteiger partial charge in [-0.1, -0.05) is 18.2 Å². The maximum atomic E-state index is 13.3. The monoisotopic (exact) mass is 413 g/mol. The minimum Gasteiger partial charge on any atom is -0.490 e. The molecule has 0 aliphatic rings. The van der Waals surface area contributed by atoms with Gasteiger partial charge in [-0.15, -0.1) is 0 Å². The van der Waals surface area contributed by atoms with Gasteiger partial charge in [0, 0.05) is 35.1 Å². The lowest BCUT2D eigenvalue weighted by atomic mass is 10.0. The molecule has 2 aromatic heterocycles. The average Bonchev–Trinajstić information content (AvgIpc) is 2.81. The zero-order valence-corrected chi connectivity index (χ0v) is 17.5. The zero-order chi connectivity index (χ0) is 21.6. The van der Waals surface area contributed by atoms with Crippen LogP contribution in [0.1, 0.15) is 24.2 Å². The summed E-state index contributed by atoms with van der Waals surface area (Å²) in [5, 5.41) is 3.76. The number of para-hydroxylation sites is 1. The molecule has 4 aromatic rings. The molecule has 2 aromatic carbocycles. The van der Waals surface area contributed by atoms with Crippen molar-refractivity contribution < 1.29 is 14.3 Å². The lowest BCUT2D eigenvalue weighted by molar-refractivity contribution is 0.102. The number of rotatable bonds is 7. The van der Waals surface area contributed by atoms with E-state index in [0.717, 1.165) is 16.5 Å². The number of carbonyl (C=O) groups excluding carboxylic acids is 1. The Labute approximate surface area is 180 Å². The number of hydrogen-bond donors (Lipinski definition) is 1. The number of hydrogen-bond acceptors (Lipinski definition) is 5. The van der Waals surface area contributed by atoms with Crippen molar-refractivity contribution in [2.24, 2.45) is 0 Å². The molecule has 0 aliphatic heterocycles. The lowest BCUT2D eigenvalue weighted by Gasteiger charge is -2.14. The van der Waals surface area contributed by atoms with E-state index >= 15 is 0 Å². The maximum absolute atomic E-state index is 13.3. The second-order valence-corrected chi connectivity index (χ2v) is 6.80. The molecule has 0 saturated carbocycles. The molecule has 2 heterocycles. The molecule has 0 spiro atoms. The average molecular weight is 413 g/mol. The van der Waals surface area contributed by atoms with Gasteiger partial charge in [-0.05, 0) is 50.2 Å². The van der Waals surface area contributed by atoms with Gasteiger partial charge in [0.2, 0.25) is 0 Å². The SMILES string of the molecule is CCOc1ccc(NC(=O)c2cc(-c3cccnc3)nc3ccccc23)cc1OCC. The van der Waals surface area contributed by atoms with E-state index in [-0.39, 0.29) is 5.91 Å². The molecular formula is C25H23N3O3. The van der Waals surface area contributed by atoms with E-state index in [4.69, 9.17) is 14.5 Å². The van der Waals surface area contributed by atoms with Gasteiger partial charge in [0.25, 0.3) is 5.91 Å². The molecule has 156 valence electrons. The summed E-state index contributed by atoms with van der Waals surface area (Å²) in [6.45, 7) is 4.86. The van der Waals surface area contributed by atoms with Crippen molar-refractivity contribution in [3.8, 4) is 22.8 Å². The van der Waals surface area contributed by atoms with Crippen molar-refractivity contribution in [2.45, 2.75) is 13.8 Å². The summed E-state index contributed by atoms with van der Waals surface area (Å²) in [5.74, 6) is 1.02. The first-order valence-electron chi connectivity index (χ1n) is 10.2. The number of carbonyl (C=O) groups is 1. The maximum Gasteiger partial charge on any atom is 0.256 e. The minimum absolute atomic E-state index is 0.227. The number of nitrogens with one attached hydrogen (secondary N) is 1. The summed E-state index contributed by atoms with van der Waals surface area (Å²) in [7, 11) is 0. The Morgan fingerprint density at radius 2 is 1.74 bits per heavy atom. The normalized spacial score (nSPS) is 10.6. The Hall–Kier alpha value is -3.93. The highest BCUT2D eigenvalue weighted by Gasteiger charge is 2.15. The molecule has 1 N–H and O–H groups in total. The molecule has 4 rings (SSSR count). The number of anilines is 1. The van der Waals surface area contributed by atoms with Crippen LogP contribution in [0.3, 0.4) is 0 Å². The van der Waals surface area contributed by atoms with Crippen molar-refractivity contribution >= 4 is 22.5 Å².